The zero-order chi connectivity index (χ0) is 20.5. The normalized spacial score (nSPS) is 14.0. The summed E-state index contributed by atoms with van der Waals surface area (Å²) in [5.41, 5.74) is 10.4. The predicted octanol–water partition coefficient (Wildman–Crippen LogP) is 5.44. The lowest BCUT2D eigenvalue weighted by atomic mass is 9.96. The number of anilines is 1. The molecule has 2 aromatic heterocycles. The van der Waals surface area contributed by atoms with E-state index in [9.17, 15) is 10.5 Å². The maximum Gasteiger partial charge on any atom is 0.165 e. The number of benzene rings is 1. The van der Waals surface area contributed by atoms with Gasteiger partial charge in [-0.2, -0.15) is 10.5 Å². The molecule has 2 heterocycles. The summed E-state index contributed by atoms with van der Waals surface area (Å²) in [7, 11) is 0. The summed E-state index contributed by atoms with van der Waals surface area (Å²) in [4.78, 5) is 5.43. The average Bonchev–Trinajstić information content (AvgIpc) is 3.25. The highest BCUT2D eigenvalue weighted by Crippen LogP contribution is 2.44. The summed E-state index contributed by atoms with van der Waals surface area (Å²) in [6, 6.07) is 18.1. The molecule has 2 N–H and O–H groups in total. The lowest BCUT2D eigenvalue weighted by molar-refractivity contribution is 0.466. The van der Waals surface area contributed by atoms with Crippen molar-refractivity contribution in [1.82, 2.24) is 4.98 Å². The van der Waals surface area contributed by atoms with Crippen LogP contribution in [0.5, 0.6) is 0 Å². The summed E-state index contributed by atoms with van der Waals surface area (Å²) in [5.74, 6) is 0.808. The molecule has 0 bridgehead atoms. The Balaban J connectivity index is 1.79. The van der Waals surface area contributed by atoms with Gasteiger partial charge in [-0.3, -0.25) is 0 Å². The number of pyridine rings is 1. The van der Waals surface area contributed by atoms with Gasteiger partial charge in [-0.15, -0.1) is 0 Å². The van der Waals surface area contributed by atoms with Gasteiger partial charge in [0.15, 0.2) is 5.09 Å². The van der Waals surface area contributed by atoms with Crippen molar-refractivity contribution in [3.8, 4) is 12.1 Å². The molecule has 0 radical (unpaired) electrons. The number of aromatic nitrogens is 1. The SMILES string of the molecule is CC1=C(C#N)c2nc(N)c(C#N)c(C)c2/C1=C\c1ccc(Sc2ccccc2)o1. The molecule has 140 valence electrons. The molecule has 1 aliphatic carbocycles. The van der Waals surface area contributed by atoms with Gasteiger partial charge >= 0.3 is 0 Å². The molecule has 0 amide bonds. The fraction of sp³-hybridized carbons (Fsp3) is 0.0870. The van der Waals surface area contributed by atoms with Crippen LogP contribution in [-0.4, -0.2) is 4.98 Å². The Hall–Kier alpha value is -3.74. The number of nitrogens with zero attached hydrogens (tertiary/aromatic N) is 3. The number of rotatable bonds is 3. The molecule has 29 heavy (non-hydrogen) atoms. The molecule has 5 nitrogen and oxygen atoms in total. The minimum atomic E-state index is 0.144. The van der Waals surface area contributed by atoms with Crippen molar-refractivity contribution >= 4 is 34.8 Å². The van der Waals surface area contributed by atoms with E-state index in [1.54, 1.807) is 0 Å². The Morgan fingerprint density at radius 2 is 1.83 bits per heavy atom. The smallest absolute Gasteiger partial charge is 0.165 e. The van der Waals surface area contributed by atoms with E-state index in [-0.39, 0.29) is 5.82 Å². The third-order valence-electron chi connectivity index (χ3n) is 4.83. The Morgan fingerprint density at radius 3 is 2.52 bits per heavy atom. The van der Waals surface area contributed by atoms with Crippen LogP contribution < -0.4 is 5.73 Å². The van der Waals surface area contributed by atoms with Gasteiger partial charge in [0.05, 0.1) is 16.8 Å². The molecule has 6 heteroatoms. The average molecular weight is 396 g/mol. The summed E-state index contributed by atoms with van der Waals surface area (Å²) in [5, 5.41) is 19.9. The van der Waals surface area contributed by atoms with Gasteiger partial charge in [-0.25, -0.2) is 4.98 Å². The highest BCUT2D eigenvalue weighted by atomic mass is 32.2. The molecule has 3 aromatic rings. The van der Waals surface area contributed by atoms with Gasteiger partial charge in [0.2, 0.25) is 0 Å². The molecule has 0 atom stereocenters. The summed E-state index contributed by atoms with van der Waals surface area (Å²) in [6.07, 6.45) is 1.89. The maximum atomic E-state index is 9.64. The molecule has 0 spiro atoms. The first-order valence-electron chi connectivity index (χ1n) is 8.90. The first-order chi connectivity index (χ1) is 14.0. The van der Waals surface area contributed by atoms with Crippen LogP contribution in [0.25, 0.3) is 17.2 Å². The second-order valence-electron chi connectivity index (χ2n) is 6.57. The zero-order valence-electron chi connectivity index (χ0n) is 15.9. The fourth-order valence-corrected chi connectivity index (χ4v) is 4.21. The number of hydrogen-bond donors (Lipinski definition) is 1. The number of hydrogen-bond acceptors (Lipinski definition) is 6. The molecule has 4 rings (SSSR count). The largest absolute Gasteiger partial charge is 0.450 e. The highest BCUT2D eigenvalue weighted by molar-refractivity contribution is 7.99. The van der Waals surface area contributed by atoms with Crippen LogP contribution in [-0.2, 0) is 0 Å². The topological polar surface area (TPSA) is 99.6 Å². The summed E-state index contributed by atoms with van der Waals surface area (Å²) >= 11 is 1.54. The van der Waals surface area contributed by atoms with Gasteiger partial charge in [-0.05, 0) is 60.9 Å². The number of nitriles is 2. The zero-order valence-corrected chi connectivity index (χ0v) is 16.7. The molecule has 0 unspecified atom stereocenters. The van der Waals surface area contributed by atoms with E-state index in [0.29, 0.717) is 22.6 Å². The van der Waals surface area contributed by atoms with Gasteiger partial charge in [0, 0.05) is 10.5 Å². The van der Waals surface area contributed by atoms with Crippen LogP contribution in [0.4, 0.5) is 5.82 Å². The van der Waals surface area contributed by atoms with Crippen LogP contribution in [0.1, 0.15) is 35.1 Å². The highest BCUT2D eigenvalue weighted by Gasteiger charge is 2.29. The van der Waals surface area contributed by atoms with Crippen LogP contribution in [0.3, 0.4) is 0 Å². The van der Waals surface area contributed by atoms with Crippen molar-refractivity contribution in [1.29, 1.82) is 10.5 Å². The van der Waals surface area contributed by atoms with Crippen LogP contribution in [0, 0.1) is 29.6 Å². The Bertz CT molecular complexity index is 1270. The summed E-state index contributed by atoms with van der Waals surface area (Å²) < 4.78 is 5.97. The molecule has 0 saturated carbocycles. The lowest BCUT2D eigenvalue weighted by Crippen LogP contribution is -2.03. The van der Waals surface area contributed by atoms with Crippen molar-refractivity contribution in [3.05, 3.63) is 76.2 Å². The van der Waals surface area contributed by atoms with Gasteiger partial charge < -0.3 is 10.2 Å². The van der Waals surface area contributed by atoms with Gasteiger partial charge in [0.25, 0.3) is 0 Å². The third kappa shape index (κ3) is 3.20. The van der Waals surface area contributed by atoms with Crippen LogP contribution >= 0.6 is 11.8 Å². The lowest BCUT2D eigenvalue weighted by Gasteiger charge is -2.10. The number of nitrogens with two attached hydrogens (primary N) is 1. The molecule has 0 aliphatic heterocycles. The predicted molar refractivity (Wildman–Crippen MR) is 113 cm³/mol. The van der Waals surface area contributed by atoms with Crippen molar-refractivity contribution < 1.29 is 4.42 Å². The van der Waals surface area contributed by atoms with E-state index >= 15 is 0 Å². The minimum Gasteiger partial charge on any atom is -0.450 e. The van der Waals surface area contributed by atoms with E-state index < -0.39 is 0 Å². The van der Waals surface area contributed by atoms with E-state index in [1.165, 1.54) is 11.8 Å². The maximum absolute atomic E-state index is 9.64. The van der Waals surface area contributed by atoms with E-state index in [4.69, 9.17) is 10.2 Å². The fourth-order valence-electron chi connectivity index (χ4n) is 3.41. The van der Waals surface area contributed by atoms with Crippen molar-refractivity contribution in [2.24, 2.45) is 0 Å². The van der Waals surface area contributed by atoms with Crippen LogP contribution in [0.2, 0.25) is 0 Å². The number of allylic oxidation sites excluding steroid dienone is 3. The number of furan rings is 1. The Morgan fingerprint density at radius 1 is 1.07 bits per heavy atom. The molecular weight excluding hydrogens is 380 g/mol. The number of fused-ring (bicyclic) bond motifs is 1. The van der Waals surface area contributed by atoms with Crippen molar-refractivity contribution in [2.45, 2.75) is 23.8 Å². The molecule has 0 fully saturated rings. The summed E-state index contributed by atoms with van der Waals surface area (Å²) in [6.45, 7) is 3.70. The molecular formula is C23H16N4OS. The standard InChI is InChI=1S/C23H16N4OS/c1-13-17(10-15-8-9-20(28-15)29-16-6-4-3-5-7-16)21-14(2)19(12-25)23(26)27-22(21)18(13)11-24/h3-10H,1-2H3,(H2,26,27)/b17-10-. The number of nitrogen functional groups attached to an aromatic ring is 1. The minimum absolute atomic E-state index is 0.144. The van der Waals surface area contributed by atoms with E-state index in [2.05, 4.69) is 17.1 Å². The first kappa shape index (κ1) is 18.6. The first-order valence-corrected chi connectivity index (χ1v) is 9.71. The molecule has 1 aromatic carbocycles. The monoisotopic (exact) mass is 396 g/mol. The van der Waals surface area contributed by atoms with Gasteiger partial charge in [0.1, 0.15) is 23.7 Å². The van der Waals surface area contributed by atoms with Crippen molar-refractivity contribution in [3.63, 3.8) is 0 Å². The van der Waals surface area contributed by atoms with Crippen LogP contribution in [0.15, 0.2) is 62.4 Å². The molecule has 1 aliphatic rings. The van der Waals surface area contributed by atoms with E-state index in [1.807, 2.05) is 62.4 Å². The van der Waals surface area contributed by atoms with Gasteiger partial charge in [-0.1, -0.05) is 30.0 Å². The van der Waals surface area contributed by atoms with Crippen molar-refractivity contribution in [2.75, 3.05) is 5.73 Å². The Kier molecular flexibility index (Phi) is 4.72. The third-order valence-corrected chi connectivity index (χ3v) is 5.76. The second kappa shape index (κ2) is 7.35. The quantitative estimate of drug-likeness (QED) is 0.633. The van der Waals surface area contributed by atoms with E-state index in [0.717, 1.165) is 32.3 Å². The second-order valence-corrected chi connectivity index (χ2v) is 7.65. The Labute approximate surface area is 172 Å². The molecule has 0 saturated heterocycles.